The van der Waals surface area contributed by atoms with Gasteiger partial charge >= 0.3 is 0 Å². The molecule has 104 valence electrons. The number of fused-ring (bicyclic) bond motifs is 5. The van der Waals surface area contributed by atoms with Gasteiger partial charge in [0.25, 0.3) is 0 Å². The molecule has 2 heterocycles. The van der Waals surface area contributed by atoms with Gasteiger partial charge in [0.15, 0.2) is 0 Å². The topological polar surface area (TPSA) is 17.3 Å². The molecule has 2 aromatic heterocycles. The number of rotatable bonds is 2. The molecule has 0 saturated heterocycles. The maximum Gasteiger partial charge on any atom is 0.146 e. The lowest BCUT2D eigenvalue weighted by molar-refractivity contribution is 0.952. The highest BCUT2D eigenvalue weighted by atomic mass is 15.0. The third-order valence-corrected chi connectivity index (χ3v) is 4.36. The third-order valence-electron chi connectivity index (χ3n) is 4.36. The Morgan fingerprint density at radius 2 is 1.57 bits per heavy atom. The Morgan fingerprint density at radius 3 is 2.33 bits per heavy atom. The van der Waals surface area contributed by atoms with Crippen LogP contribution in [0.25, 0.3) is 27.5 Å². The van der Waals surface area contributed by atoms with E-state index < -0.39 is 0 Å². The van der Waals surface area contributed by atoms with E-state index in [0.29, 0.717) is 0 Å². The van der Waals surface area contributed by atoms with Gasteiger partial charge in [-0.3, -0.25) is 4.40 Å². The van der Waals surface area contributed by atoms with E-state index in [2.05, 4.69) is 66.8 Å². The van der Waals surface area contributed by atoms with Crippen molar-refractivity contribution in [1.82, 2.24) is 9.38 Å². The lowest BCUT2D eigenvalue weighted by Gasteiger charge is -2.14. The predicted molar refractivity (Wildman–Crippen MR) is 89.0 cm³/mol. The van der Waals surface area contributed by atoms with Gasteiger partial charge in [-0.2, -0.15) is 0 Å². The van der Waals surface area contributed by atoms with Gasteiger partial charge in [-0.05, 0) is 35.9 Å². The molecule has 0 aliphatic heterocycles. The quantitative estimate of drug-likeness (QED) is 0.515. The molecule has 0 atom stereocenters. The fraction of sp³-hybridized carbons (Fsp3) is 0.211. The molecule has 21 heavy (non-hydrogen) atoms. The molecular formula is C19H18N2. The molecular weight excluding hydrogens is 256 g/mol. The van der Waals surface area contributed by atoms with Crippen molar-refractivity contribution in [2.45, 2.75) is 26.7 Å². The summed E-state index contributed by atoms with van der Waals surface area (Å²) >= 11 is 0. The molecule has 4 aromatic rings. The number of para-hydroxylation sites is 2. The summed E-state index contributed by atoms with van der Waals surface area (Å²) in [5.41, 5.74) is 6.21. The molecule has 0 radical (unpaired) electrons. The van der Waals surface area contributed by atoms with Crippen molar-refractivity contribution >= 4 is 27.5 Å². The standard InChI is InChI=1S/C19H18N2/c1-3-13-14-9-5-6-10-15(14)19-20-16-11-7-8-12-18(16)21(19)17(13)4-2/h5-12H,3-4H2,1-2H3. The highest BCUT2D eigenvalue weighted by Crippen LogP contribution is 2.30. The van der Waals surface area contributed by atoms with Gasteiger partial charge in [0.2, 0.25) is 0 Å². The molecule has 2 heteroatoms. The van der Waals surface area contributed by atoms with Crippen molar-refractivity contribution in [3.8, 4) is 0 Å². The number of benzene rings is 2. The number of nitrogens with zero attached hydrogens (tertiary/aromatic N) is 2. The summed E-state index contributed by atoms with van der Waals surface area (Å²) < 4.78 is 2.36. The molecule has 0 aliphatic carbocycles. The van der Waals surface area contributed by atoms with Crippen molar-refractivity contribution in [2.75, 3.05) is 0 Å². The minimum absolute atomic E-state index is 1.02. The SMILES string of the molecule is CCc1c(CC)n2c3ccccc3nc2c2ccccc12. The number of pyridine rings is 1. The Kier molecular flexibility index (Phi) is 2.71. The Morgan fingerprint density at radius 1 is 0.857 bits per heavy atom. The molecule has 0 fully saturated rings. The van der Waals surface area contributed by atoms with Gasteiger partial charge in [-0.15, -0.1) is 0 Å². The van der Waals surface area contributed by atoms with Crippen molar-refractivity contribution < 1.29 is 0 Å². The monoisotopic (exact) mass is 274 g/mol. The number of aryl methyl sites for hydroxylation is 2. The van der Waals surface area contributed by atoms with Crippen LogP contribution in [0, 0.1) is 0 Å². The van der Waals surface area contributed by atoms with E-state index in [-0.39, 0.29) is 0 Å². The van der Waals surface area contributed by atoms with E-state index in [4.69, 9.17) is 4.98 Å². The Bertz CT molecular complexity index is 963. The Balaban J connectivity index is 2.36. The predicted octanol–water partition coefficient (Wildman–Crippen LogP) is 4.77. The number of hydrogen-bond donors (Lipinski definition) is 0. The van der Waals surface area contributed by atoms with Gasteiger partial charge in [-0.1, -0.05) is 50.2 Å². The van der Waals surface area contributed by atoms with Crippen molar-refractivity contribution in [2.24, 2.45) is 0 Å². The van der Waals surface area contributed by atoms with Crippen LogP contribution in [0.1, 0.15) is 25.1 Å². The van der Waals surface area contributed by atoms with Crippen LogP contribution in [-0.4, -0.2) is 9.38 Å². The summed E-state index contributed by atoms with van der Waals surface area (Å²) in [5, 5.41) is 2.60. The van der Waals surface area contributed by atoms with Gasteiger partial charge in [0, 0.05) is 11.1 Å². The van der Waals surface area contributed by atoms with Crippen molar-refractivity contribution in [3.05, 3.63) is 59.8 Å². The first-order valence-corrected chi connectivity index (χ1v) is 7.64. The van der Waals surface area contributed by atoms with Crippen LogP contribution in [0.5, 0.6) is 0 Å². The smallest absolute Gasteiger partial charge is 0.146 e. The zero-order chi connectivity index (χ0) is 14.4. The molecule has 4 rings (SSSR count). The molecule has 0 unspecified atom stereocenters. The maximum atomic E-state index is 4.89. The second kappa shape index (κ2) is 4.59. The summed E-state index contributed by atoms with van der Waals surface area (Å²) in [7, 11) is 0. The first kappa shape index (κ1) is 12.4. The highest BCUT2D eigenvalue weighted by Gasteiger charge is 2.15. The van der Waals surface area contributed by atoms with E-state index >= 15 is 0 Å². The maximum absolute atomic E-state index is 4.89. The zero-order valence-corrected chi connectivity index (χ0v) is 12.4. The fourth-order valence-electron chi connectivity index (χ4n) is 3.48. The van der Waals surface area contributed by atoms with Crippen molar-refractivity contribution in [3.63, 3.8) is 0 Å². The van der Waals surface area contributed by atoms with Crippen LogP contribution in [0.4, 0.5) is 0 Å². The minimum Gasteiger partial charge on any atom is -0.296 e. The van der Waals surface area contributed by atoms with Crippen LogP contribution in [-0.2, 0) is 12.8 Å². The van der Waals surface area contributed by atoms with E-state index in [1.807, 2.05) is 0 Å². The first-order valence-electron chi connectivity index (χ1n) is 7.64. The van der Waals surface area contributed by atoms with E-state index in [9.17, 15) is 0 Å². The van der Waals surface area contributed by atoms with Crippen LogP contribution < -0.4 is 0 Å². The van der Waals surface area contributed by atoms with Gasteiger partial charge in [0.05, 0.1) is 11.0 Å². The minimum atomic E-state index is 1.02. The highest BCUT2D eigenvalue weighted by molar-refractivity contribution is 6.00. The number of aromatic nitrogens is 2. The largest absolute Gasteiger partial charge is 0.296 e. The lowest BCUT2D eigenvalue weighted by atomic mass is 10.0. The second-order valence-electron chi connectivity index (χ2n) is 5.44. The summed E-state index contributed by atoms with van der Waals surface area (Å²) in [5.74, 6) is 0. The van der Waals surface area contributed by atoms with Gasteiger partial charge < -0.3 is 0 Å². The molecule has 0 spiro atoms. The summed E-state index contributed by atoms with van der Waals surface area (Å²) in [6.45, 7) is 4.48. The molecule has 0 bridgehead atoms. The Hall–Kier alpha value is -2.35. The van der Waals surface area contributed by atoms with Crippen LogP contribution in [0.15, 0.2) is 48.5 Å². The number of imidazole rings is 1. The summed E-state index contributed by atoms with van der Waals surface area (Å²) in [6, 6.07) is 17.1. The average molecular weight is 274 g/mol. The lowest BCUT2D eigenvalue weighted by Crippen LogP contribution is -2.03. The summed E-state index contributed by atoms with van der Waals surface area (Å²) in [4.78, 5) is 4.89. The first-order chi connectivity index (χ1) is 10.3. The molecule has 0 aliphatic rings. The van der Waals surface area contributed by atoms with E-state index in [1.54, 1.807) is 0 Å². The zero-order valence-electron chi connectivity index (χ0n) is 12.4. The van der Waals surface area contributed by atoms with Gasteiger partial charge in [0.1, 0.15) is 5.65 Å². The fourth-order valence-corrected chi connectivity index (χ4v) is 3.48. The second-order valence-corrected chi connectivity index (χ2v) is 5.44. The molecule has 0 saturated carbocycles. The third kappa shape index (κ3) is 1.62. The van der Waals surface area contributed by atoms with E-state index in [0.717, 1.165) is 24.0 Å². The van der Waals surface area contributed by atoms with Crippen LogP contribution in [0.3, 0.4) is 0 Å². The molecule has 0 amide bonds. The molecule has 2 nitrogen and oxygen atoms in total. The average Bonchev–Trinajstić information content (AvgIpc) is 2.93. The molecule has 0 N–H and O–H groups in total. The normalized spacial score (nSPS) is 11.7. The van der Waals surface area contributed by atoms with Crippen molar-refractivity contribution in [1.29, 1.82) is 0 Å². The van der Waals surface area contributed by atoms with Gasteiger partial charge in [-0.25, -0.2) is 4.98 Å². The van der Waals surface area contributed by atoms with Crippen LogP contribution >= 0.6 is 0 Å². The van der Waals surface area contributed by atoms with Crippen LogP contribution in [0.2, 0.25) is 0 Å². The molecule has 2 aromatic carbocycles. The van der Waals surface area contributed by atoms with E-state index in [1.165, 1.54) is 27.5 Å². The number of hydrogen-bond acceptors (Lipinski definition) is 1. The summed E-state index contributed by atoms with van der Waals surface area (Å²) in [6.07, 6.45) is 2.07. The Labute approximate surface area is 124 Å².